The van der Waals surface area contributed by atoms with E-state index in [2.05, 4.69) is 0 Å². The molecule has 0 saturated carbocycles. The fourth-order valence-corrected chi connectivity index (χ4v) is 2.76. The maximum Gasteiger partial charge on any atom is 0.189 e. The van der Waals surface area contributed by atoms with Crippen molar-refractivity contribution in [2.24, 2.45) is 0 Å². The Kier molecular flexibility index (Phi) is 3.80. The van der Waals surface area contributed by atoms with Crippen LogP contribution < -0.4 is 4.74 Å². The fourth-order valence-electron chi connectivity index (χ4n) is 2.58. The van der Waals surface area contributed by atoms with Gasteiger partial charge in [0.1, 0.15) is 5.75 Å². The largest absolute Gasteiger partial charge is 0.493 e. The van der Waals surface area contributed by atoms with E-state index in [-0.39, 0.29) is 5.78 Å². The minimum absolute atomic E-state index is 0.0908. The van der Waals surface area contributed by atoms with Crippen molar-refractivity contribution in [3.63, 3.8) is 0 Å². The minimum Gasteiger partial charge on any atom is -0.493 e. The Morgan fingerprint density at radius 1 is 1.24 bits per heavy atom. The molecule has 0 bridgehead atoms. The highest BCUT2D eigenvalue weighted by molar-refractivity contribution is 6.30. The lowest BCUT2D eigenvalue weighted by atomic mass is 10.1. The molecule has 0 fully saturated rings. The van der Waals surface area contributed by atoms with Crippen LogP contribution in [0.15, 0.2) is 48.0 Å². The Morgan fingerprint density at radius 3 is 2.81 bits per heavy atom. The first-order chi connectivity index (χ1) is 10.2. The van der Waals surface area contributed by atoms with Crippen LogP contribution in [0, 0.1) is 0 Å². The Balaban J connectivity index is 2.01. The number of halogens is 1. The van der Waals surface area contributed by atoms with Gasteiger partial charge in [-0.3, -0.25) is 4.79 Å². The molecule has 0 atom stereocenters. The summed E-state index contributed by atoms with van der Waals surface area (Å²) in [5, 5.41) is 0.633. The van der Waals surface area contributed by atoms with E-state index in [1.54, 1.807) is 6.07 Å². The third kappa shape index (κ3) is 2.72. The molecule has 3 heteroatoms. The smallest absolute Gasteiger partial charge is 0.189 e. The van der Waals surface area contributed by atoms with Crippen LogP contribution >= 0.6 is 11.6 Å². The van der Waals surface area contributed by atoms with Gasteiger partial charge in [-0.25, -0.2) is 0 Å². The third-order valence-corrected chi connectivity index (χ3v) is 3.77. The molecular weight excluding hydrogens is 284 g/mol. The minimum atomic E-state index is 0.0908. The van der Waals surface area contributed by atoms with Gasteiger partial charge in [-0.2, -0.15) is 0 Å². The van der Waals surface area contributed by atoms with Crippen molar-refractivity contribution in [2.75, 3.05) is 6.61 Å². The SMILES string of the molecule is CCOc1ccc(Cl)cc1/C=C1\Cc2ccccc2C1=O. The summed E-state index contributed by atoms with van der Waals surface area (Å²) < 4.78 is 5.60. The topological polar surface area (TPSA) is 26.3 Å². The Labute approximate surface area is 129 Å². The summed E-state index contributed by atoms with van der Waals surface area (Å²) >= 11 is 6.06. The predicted molar refractivity (Wildman–Crippen MR) is 85.1 cm³/mol. The molecule has 0 unspecified atom stereocenters. The van der Waals surface area contributed by atoms with E-state index in [4.69, 9.17) is 16.3 Å². The molecular formula is C18H15ClO2. The third-order valence-electron chi connectivity index (χ3n) is 3.54. The number of Topliss-reactive ketones (excluding diaryl/α,β-unsaturated/α-hetero) is 1. The zero-order valence-corrected chi connectivity index (χ0v) is 12.5. The Morgan fingerprint density at radius 2 is 2.05 bits per heavy atom. The second kappa shape index (κ2) is 5.74. The highest BCUT2D eigenvalue weighted by atomic mass is 35.5. The average molecular weight is 299 g/mol. The second-order valence-electron chi connectivity index (χ2n) is 4.95. The van der Waals surface area contributed by atoms with Crippen LogP contribution in [-0.2, 0) is 6.42 Å². The van der Waals surface area contributed by atoms with Gasteiger partial charge in [0.05, 0.1) is 6.61 Å². The number of ether oxygens (including phenoxy) is 1. The maximum absolute atomic E-state index is 12.4. The van der Waals surface area contributed by atoms with E-state index in [0.717, 1.165) is 28.0 Å². The zero-order valence-electron chi connectivity index (χ0n) is 11.7. The first-order valence-electron chi connectivity index (χ1n) is 6.94. The van der Waals surface area contributed by atoms with Crippen molar-refractivity contribution < 1.29 is 9.53 Å². The summed E-state index contributed by atoms with van der Waals surface area (Å²) in [5.74, 6) is 0.839. The van der Waals surface area contributed by atoms with E-state index >= 15 is 0 Å². The zero-order chi connectivity index (χ0) is 14.8. The van der Waals surface area contributed by atoms with E-state index in [1.165, 1.54) is 0 Å². The molecule has 2 aromatic rings. The molecule has 106 valence electrons. The fraction of sp³-hybridized carbons (Fsp3) is 0.167. The lowest BCUT2D eigenvalue weighted by Gasteiger charge is -2.08. The number of hydrogen-bond acceptors (Lipinski definition) is 2. The van der Waals surface area contributed by atoms with Gasteiger partial charge in [-0.05, 0) is 36.8 Å². The van der Waals surface area contributed by atoms with Crippen molar-refractivity contribution in [1.82, 2.24) is 0 Å². The molecule has 2 nitrogen and oxygen atoms in total. The van der Waals surface area contributed by atoms with Gasteiger partial charge in [0.15, 0.2) is 5.78 Å². The summed E-state index contributed by atoms with van der Waals surface area (Å²) in [6, 6.07) is 13.2. The van der Waals surface area contributed by atoms with Gasteiger partial charge in [-0.15, -0.1) is 0 Å². The van der Waals surface area contributed by atoms with Crippen LogP contribution in [0.2, 0.25) is 5.02 Å². The van der Waals surface area contributed by atoms with Gasteiger partial charge < -0.3 is 4.74 Å². The van der Waals surface area contributed by atoms with Crippen molar-refractivity contribution in [3.8, 4) is 5.75 Å². The van der Waals surface area contributed by atoms with Crippen LogP contribution in [0.5, 0.6) is 5.75 Å². The molecule has 0 spiro atoms. The quantitative estimate of drug-likeness (QED) is 0.776. The average Bonchev–Trinajstić information content (AvgIpc) is 2.79. The number of carbonyl (C=O) groups excluding carboxylic acids is 1. The highest BCUT2D eigenvalue weighted by Crippen LogP contribution is 2.31. The summed E-state index contributed by atoms with van der Waals surface area (Å²) in [6.07, 6.45) is 2.55. The molecule has 0 aliphatic heterocycles. The summed E-state index contributed by atoms with van der Waals surface area (Å²) in [4.78, 5) is 12.4. The van der Waals surface area contributed by atoms with Crippen LogP contribution in [0.1, 0.15) is 28.4 Å². The van der Waals surface area contributed by atoms with E-state index < -0.39 is 0 Å². The van der Waals surface area contributed by atoms with Gasteiger partial charge in [0.2, 0.25) is 0 Å². The first-order valence-corrected chi connectivity index (χ1v) is 7.32. The number of benzene rings is 2. The number of fused-ring (bicyclic) bond motifs is 1. The summed E-state index contributed by atoms with van der Waals surface area (Å²) in [5.41, 5.74) is 3.50. The standard InChI is InChI=1S/C18H15ClO2/c1-2-21-17-8-7-15(19)11-13(17)10-14-9-12-5-3-4-6-16(12)18(14)20/h3-8,10-11H,2,9H2,1H3/b14-10+. The Hall–Kier alpha value is -2.06. The van der Waals surface area contributed by atoms with Crippen LogP contribution in [0.3, 0.4) is 0 Å². The molecule has 0 heterocycles. The molecule has 3 rings (SSSR count). The van der Waals surface area contributed by atoms with Crippen molar-refractivity contribution in [2.45, 2.75) is 13.3 Å². The predicted octanol–water partition coefficient (Wildman–Crippen LogP) is 4.56. The molecule has 0 aromatic heterocycles. The molecule has 0 radical (unpaired) electrons. The molecule has 1 aliphatic carbocycles. The van der Waals surface area contributed by atoms with E-state index in [1.807, 2.05) is 49.4 Å². The molecule has 1 aliphatic rings. The summed E-state index contributed by atoms with van der Waals surface area (Å²) in [7, 11) is 0. The molecule has 0 amide bonds. The number of hydrogen-bond donors (Lipinski definition) is 0. The van der Waals surface area contributed by atoms with Gasteiger partial charge in [-0.1, -0.05) is 35.9 Å². The monoisotopic (exact) mass is 298 g/mol. The second-order valence-corrected chi connectivity index (χ2v) is 5.38. The van der Waals surface area contributed by atoms with Crippen molar-refractivity contribution in [3.05, 3.63) is 69.8 Å². The molecule has 21 heavy (non-hydrogen) atoms. The Bertz CT molecular complexity index is 732. The lowest BCUT2D eigenvalue weighted by Crippen LogP contribution is -1.97. The normalized spacial score (nSPS) is 15.3. The molecule has 2 aromatic carbocycles. The van der Waals surface area contributed by atoms with Crippen LogP contribution in [-0.4, -0.2) is 12.4 Å². The maximum atomic E-state index is 12.4. The number of allylic oxidation sites excluding steroid dienone is 1. The summed E-state index contributed by atoms with van der Waals surface area (Å²) in [6.45, 7) is 2.51. The lowest BCUT2D eigenvalue weighted by molar-refractivity contribution is 0.104. The first kappa shape index (κ1) is 13.9. The van der Waals surface area contributed by atoms with Gasteiger partial charge >= 0.3 is 0 Å². The molecule has 0 saturated heterocycles. The number of rotatable bonds is 3. The molecule has 0 N–H and O–H groups in total. The van der Waals surface area contributed by atoms with Crippen LogP contribution in [0.25, 0.3) is 6.08 Å². The number of ketones is 1. The van der Waals surface area contributed by atoms with Crippen LogP contribution in [0.4, 0.5) is 0 Å². The number of carbonyl (C=O) groups is 1. The van der Waals surface area contributed by atoms with Gasteiger partial charge in [0.25, 0.3) is 0 Å². The van der Waals surface area contributed by atoms with Gasteiger partial charge in [0, 0.05) is 28.1 Å². The highest BCUT2D eigenvalue weighted by Gasteiger charge is 2.24. The van der Waals surface area contributed by atoms with Crippen molar-refractivity contribution in [1.29, 1.82) is 0 Å². The van der Waals surface area contributed by atoms with E-state index in [9.17, 15) is 4.79 Å². The van der Waals surface area contributed by atoms with Crippen molar-refractivity contribution >= 4 is 23.5 Å². The van der Waals surface area contributed by atoms with E-state index in [0.29, 0.717) is 18.1 Å².